The molecule has 0 atom stereocenters. The number of anilines is 1. The second-order valence-corrected chi connectivity index (χ2v) is 4.18. The van der Waals surface area contributed by atoms with Crippen molar-refractivity contribution in [2.24, 2.45) is 0 Å². The molecule has 1 rings (SSSR count). The normalized spacial score (nSPS) is 9.81. The number of nitro groups is 1. The van der Waals surface area contributed by atoms with Gasteiger partial charge in [-0.05, 0) is 12.5 Å². The third kappa shape index (κ3) is 4.75. The molecule has 0 bridgehead atoms. The lowest BCUT2D eigenvalue weighted by Crippen LogP contribution is -2.22. The number of benzene rings is 1. The zero-order chi connectivity index (χ0) is 15.8. The van der Waals surface area contributed by atoms with Crippen LogP contribution in [0, 0.1) is 10.1 Å². The maximum absolute atomic E-state index is 11.9. The maximum atomic E-state index is 11.9. The summed E-state index contributed by atoms with van der Waals surface area (Å²) in [5.41, 5.74) is 0.0331. The number of rotatable bonds is 7. The zero-order valence-corrected chi connectivity index (χ0v) is 11.8. The zero-order valence-electron chi connectivity index (χ0n) is 11.8. The van der Waals surface area contributed by atoms with E-state index >= 15 is 0 Å². The number of hydrogen-bond donors (Lipinski definition) is 2. The highest BCUT2D eigenvalue weighted by Gasteiger charge is 2.21. The fourth-order valence-corrected chi connectivity index (χ4v) is 1.70. The molecule has 114 valence electrons. The first-order valence-corrected chi connectivity index (χ1v) is 6.34. The molecule has 1 amide bonds. The Kier molecular flexibility index (Phi) is 6.12. The number of carbonyl (C=O) groups excluding carboxylic acids is 2. The van der Waals surface area contributed by atoms with Crippen molar-refractivity contribution in [2.75, 3.05) is 25.5 Å². The van der Waals surface area contributed by atoms with E-state index in [-0.39, 0.29) is 29.5 Å². The van der Waals surface area contributed by atoms with Crippen LogP contribution in [0.2, 0.25) is 0 Å². The van der Waals surface area contributed by atoms with E-state index in [9.17, 15) is 19.7 Å². The molecule has 0 saturated heterocycles. The van der Waals surface area contributed by atoms with E-state index in [4.69, 9.17) is 4.74 Å². The molecule has 8 heteroatoms. The van der Waals surface area contributed by atoms with Gasteiger partial charge < -0.3 is 15.4 Å². The Bertz CT molecular complexity index is 545. The molecule has 0 radical (unpaired) electrons. The average molecular weight is 295 g/mol. The molecule has 0 saturated carbocycles. The van der Waals surface area contributed by atoms with Gasteiger partial charge in [0.1, 0.15) is 5.69 Å². The van der Waals surface area contributed by atoms with Crippen molar-refractivity contribution < 1.29 is 19.2 Å². The highest BCUT2D eigenvalue weighted by atomic mass is 16.6. The number of para-hydroxylation sites is 1. The first kappa shape index (κ1) is 16.4. The summed E-state index contributed by atoms with van der Waals surface area (Å²) < 4.78 is 5.03. The summed E-state index contributed by atoms with van der Waals surface area (Å²) in [4.78, 5) is 32.9. The highest BCUT2D eigenvalue weighted by molar-refractivity contribution is 5.98. The van der Waals surface area contributed by atoms with E-state index in [0.29, 0.717) is 13.0 Å². The van der Waals surface area contributed by atoms with Gasteiger partial charge in [0.25, 0.3) is 5.69 Å². The van der Waals surface area contributed by atoms with Crippen LogP contribution >= 0.6 is 0 Å². The minimum atomic E-state index is -0.647. The van der Waals surface area contributed by atoms with Gasteiger partial charge in [-0.15, -0.1) is 0 Å². The summed E-state index contributed by atoms with van der Waals surface area (Å²) in [5.74, 6) is -0.802. The first-order valence-electron chi connectivity index (χ1n) is 6.34. The van der Waals surface area contributed by atoms with Gasteiger partial charge in [-0.2, -0.15) is 0 Å². The number of esters is 1. The molecular formula is C13H17N3O5. The second kappa shape index (κ2) is 7.83. The molecule has 1 aromatic carbocycles. The van der Waals surface area contributed by atoms with Gasteiger partial charge >= 0.3 is 5.97 Å². The summed E-state index contributed by atoms with van der Waals surface area (Å²) in [5, 5.41) is 16.1. The van der Waals surface area contributed by atoms with E-state index in [1.165, 1.54) is 32.2 Å². The van der Waals surface area contributed by atoms with Crippen LogP contribution in [0.5, 0.6) is 0 Å². The van der Waals surface area contributed by atoms with E-state index in [2.05, 4.69) is 10.6 Å². The monoisotopic (exact) mass is 295 g/mol. The number of amides is 1. The molecule has 0 unspecified atom stereocenters. The lowest BCUT2D eigenvalue weighted by Gasteiger charge is -2.09. The third-order valence-electron chi connectivity index (χ3n) is 2.64. The van der Waals surface area contributed by atoms with Gasteiger partial charge in [0.15, 0.2) is 0 Å². The van der Waals surface area contributed by atoms with Crippen molar-refractivity contribution in [2.45, 2.75) is 13.3 Å². The molecule has 0 aliphatic carbocycles. The SMILES string of the molecule is CNc1c(C(=O)OCCCNC(C)=O)cccc1[N+](=O)[O-]. The standard InChI is InChI=1S/C13H17N3O5/c1-9(17)15-7-4-8-21-13(18)10-5-3-6-11(16(19)20)12(10)14-2/h3,5-6,14H,4,7-8H2,1-2H3,(H,15,17). The largest absolute Gasteiger partial charge is 0.462 e. The molecule has 21 heavy (non-hydrogen) atoms. The Morgan fingerprint density at radius 1 is 1.38 bits per heavy atom. The topological polar surface area (TPSA) is 111 Å². The number of nitrogens with one attached hydrogen (secondary N) is 2. The average Bonchev–Trinajstić information content (AvgIpc) is 2.45. The molecule has 0 aliphatic rings. The Morgan fingerprint density at radius 3 is 2.67 bits per heavy atom. The van der Waals surface area contributed by atoms with Crippen LogP contribution in [-0.2, 0) is 9.53 Å². The minimum Gasteiger partial charge on any atom is -0.462 e. The molecule has 0 aliphatic heterocycles. The summed E-state index contributed by atoms with van der Waals surface area (Å²) in [6.07, 6.45) is 0.467. The van der Waals surface area contributed by atoms with Gasteiger partial charge in [-0.3, -0.25) is 14.9 Å². The molecule has 0 aromatic heterocycles. The predicted octanol–water partition coefficient (Wildman–Crippen LogP) is 1.32. The number of ether oxygens (including phenoxy) is 1. The van der Waals surface area contributed by atoms with Crippen molar-refractivity contribution in [3.05, 3.63) is 33.9 Å². The Labute approximate surface area is 121 Å². The van der Waals surface area contributed by atoms with Gasteiger partial charge in [0.05, 0.1) is 17.1 Å². The van der Waals surface area contributed by atoms with Crippen LogP contribution in [0.25, 0.3) is 0 Å². The molecule has 0 spiro atoms. The Hall–Kier alpha value is -2.64. The van der Waals surface area contributed by atoms with Crippen LogP contribution in [0.15, 0.2) is 18.2 Å². The summed E-state index contributed by atoms with van der Waals surface area (Å²) >= 11 is 0. The lowest BCUT2D eigenvalue weighted by atomic mass is 10.1. The van der Waals surface area contributed by atoms with E-state index in [0.717, 1.165) is 0 Å². The van der Waals surface area contributed by atoms with Crippen LogP contribution in [0.1, 0.15) is 23.7 Å². The number of hydrogen-bond acceptors (Lipinski definition) is 6. The predicted molar refractivity (Wildman–Crippen MR) is 76.2 cm³/mol. The highest BCUT2D eigenvalue weighted by Crippen LogP contribution is 2.28. The third-order valence-corrected chi connectivity index (χ3v) is 2.64. The summed E-state index contributed by atoms with van der Waals surface area (Å²) in [7, 11) is 1.50. The van der Waals surface area contributed by atoms with E-state index in [1.54, 1.807) is 0 Å². The van der Waals surface area contributed by atoms with Crippen molar-refractivity contribution in [3.8, 4) is 0 Å². The van der Waals surface area contributed by atoms with Crippen molar-refractivity contribution in [1.82, 2.24) is 5.32 Å². The Morgan fingerprint density at radius 2 is 2.10 bits per heavy atom. The maximum Gasteiger partial charge on any atom is 0.340 e. The minimum absolute atomic E-state index is 0.103. The van der Waals surface area contributed by atoms with Gasteiger partial charge in [-0.25, -0.2) is 4.79 Å². The molecule has 8 nitrogen and oxygen atoms in total. The summed E-state index contributed by atoms with van der Waals surface area (Å²) in [6.45, 7) is 1.91. The van der Waals surface area contributed by atoms with Gasteiger partial charge in [0.2, 0.25) is 5.91 Å². The second-order valence-electron chi connectivity index (χ2n) is 4.18. The quantitative estimate of drug-likeness (QED) is 0.340. The van der Waals surface area contributed by atoms with Crippen molar-refractivity contribution in [3.63, 3.8) is 0 Å². The lowest BCUT2D eigenvalue weighted by molar-refractivity contribution is -0.384. The van der Waals surface area contributed by atoms with E-state index in [1.807, 2.05) is 0 Å². The van der Waals surface area contributed by atoms with Crippen LogP contribution < -0.4 is 10.6 Å². The number of nitrogens with zero attached hydrogens (tertiary/aromatic N) is 1. The van der Waals surface area contributed by atoms with Crippen molar-refractivity contribution in [1.29, 1.82) is 0 Å². The van der Waals surface area contributed by atoms with Gasteiger partial charge in [-0.1, -0.05) is 6.07 Å². The van der Waals surface area contributed by atoms with Crippen LogP contribution in [0.3, 0.4) is 0 Å². The fraction of sp³-hybridized carbons (Fsp3) is 0.385. The first-order chi connectivity index (χ1) is 9.97. The molecular weight excluding hydrogens is 278 g/mol. The van der Waals surface area contributed by atoms with E-state index < -0.39 is 10.9 Å². The number of carbonyl (C=O) groups is 2. The van der Waals surface area contributed by atoms with Crippen LogP contribution in [-0.4, -0.2) is 37.0 Å². The molecule has 1 aromatic rings. The number of nitro benzene ring substituents is 1. The fourth-order valence-electron chi connectivity index (χ4n) is 1.70. The summed E-state index contributed by atoms with van der Waals surface area (Å²) in [6, 6.07) is 4.18. The smallest absolute Gasteiger partial charge is 0.340 e. The van der Waals surface area contributed by atoms with Crippen LogP contribution in [0.4, 0.5) is 11.4 Å². The molecule has 0 heterocycles. The van der Waals surface area contributed by atoms with Crippen molar-refractivity contribution >= 4 is 23.3 Å². The van der Waals surface area contributed by atoms with Gasteiger partial charge in [0, 0.05) is 26.6 Å². The molecule has 0 fully saturated rings. The molecule has 2 N–H and O–H groups in total. The Balaban J connectivity index is 2.68.